The summed E-state index contributed by atoms with van der Waals surface area (Å²) in [6, 6.07) is 2.13. The molecule has 1 amide bonds. The molecule has 0 fully saturated rings. The fourth-order valence-electron chi connectivity index (χ4n) is 2.18. The largest absolute Gasteiger partial charge is 0.353 e. The number of halogens is 1. The maximum Gasteiger partial charge on any atom is 0.236 e. The smallest absolute Gasteiger partial charge is 0.236 e. The molecule has 0 radical (unpaired) electrons. The van der Waals surface area contributed by atoms with Crippen LogP contribution >= 0.6 is 23.7 Å². The summed E-state index contributed by atoms with van der Waals surface area (Å²) in [4.78, 5) is 15.4. The summed E-state index contributed by atoms with van der Waals surface area (Å²) in [5.74, 6) is -0.0740. The van der Waals surface area contributed by atoms with E-state index in [1.54, 1.807) is 6.92 Å². The van der Waals surface area contributed by atoms with Crippen LogP contribution < -0.4 is 11.1 Å². The second-order valence-corrected chi connectivity index (χ2v) is 5.97. The highest BCUT2D eigenvalue weighted by Crippen LogP contribution is 2.24. The van der Waals surface area contributed by atoms with Crippen LogP contribution in [0.15, 0.2) is 11.4 Å². The number of fused-ring (bicyclic) bond motifs is 1. The van der Waals surface area contributed by atoms with Crippen LogP contribution in [0, 0.1) is 0 Å². The molecule has 0 aromatic carbocycles. The molecule has 1 aromatic rings. The van der Waals surface area contributed by atoms with Crippen LogP contribution in [0.1, 0.15) is 24.3 Å². The first-order valence-corrected chi connectivity index (χ1v) is 7.28. The van der Waals surface area contributed by atoms with Crippen molar-refractivity contribution >= 4 is 29.7 Å². The van der Waals surface area contributed by atoms with E-state index in [9.17, 15) is 4.79 Å². The zero-order chi connectivity index (χ0) is 13.1. The van der Waals surface area contributed by atoms with Gasteiger partial charge in [-0.3, -0.25) is 9.69 Å². The van der Waals surface area contributed by atoms with E-state index in [1.165, 1.54) is 10.4 Å². The summed E-state index contributed by atoms with van der Waals surface area (Å²) in [5.41, 5.74) is 6.97. The van der Waals surface area contributed by atoms with Crippen molar-refractivity contribution in [2.45, 2.75) is 38.9 Å². The Morgan fingerprint density at radius 1 is 1.58 bits per heavy atom. The summed E-state index contributed by atoms with van der Waals surface area (Å²) in [6.45, 7) is 6.59. The predicted octanol–water partition coefficient (Wildman–Crippen LogP) is 1.38. The summed E-state index contributed by atoms with van der Waals surface area (Å²) >= 11 is 1.85. The third kappa shape index (κ3) is 4.18. The highest BCUT2D eigenvalue weighted by atomic mass is 35.5. The lowest BCUT2D eigenvalue weighted by atomic mass is 10.1. The van der Waals surface area contributed by atoms with E-state index < -0.39 is 6.04 Å². The van der Waals surface area contributed by atoms with Gasteiger partial charge in [-0.1, -0.05) is 0 Å². The van der Waals surface area contributed by atoms with E-state index in [-0.39, 0.29) is 18.3 Å². The van der Waals surface area contributed by atoms with E-state index in [2.05, 4.69) is 28.6 Å². The molecule has 1 aliphatic heterocycles. The second-order valence-electron chi connectivity index (χ2n) is 4.97. The lowest BCUT2D eigenvalue weighted by molar-refractivity contribution is -0.122. The maximum atomic E-state index is 11.4. The predicted molar refractivity (Wildman–Crippen MR) is 81.8 cm³/mol. The first kappa shape index (κ1) is 16.4. The number of thiophene rings is 1. The third-order valence-electron chi connectivity index (χ3n) is 3.45. The first-order chi connectivity index (χ1) is 8.58. The van der Waals surface area contributed by atoms with Crippen LogP contribution in [-0.4, -0.2) is 36.0 Å². The molecule has 2 rings (SSSR count). The molecule has 0 saturated heterocycles. The lowest BCUT2D eigenvalue weighted by Crippen LogP contribution is -2.47. The van der Waals surface area contributed by atoms with Crippen LogP contribution in [-0.2, 0) is 17.8 Å². The van der Waals surface area contributed by atoms with Gasteiger partial charge in [0.25, 0.3) is 0 Å². The van der Waals surface area contributed by atoms with E-state index in [1.807, 2.05) is 11.3 Å². The van der Waals surface area contributed by atoms with E-state index in [4.69, 9.17) is 5.73 Å². The summed E-state index contributed by atoms with van der Waals surface area (Å²) in [7, 11) is 0. The SMILES string of the molecule is CC(N)C(=O)NCC(C)N1CCc2sccc2C1.Cl. The van der Waals surface area contributed by atoms with Crippen LogP contribution in [0.25, 0.3) is 0 Å². The minimum Gasteiger partial charge on any atom is -0.353 e. The Labute approximate surface area is 124 Å². The lowest BCUT2D eigenvalue weighted by Gasteiger charge is -2.32. The van der Waals surface area contributed by atoms with Gasteiger partial charge in [0.05, 0.1) is 6.04 Å². The number of hydrogen-bond acceptors (Lipinski definition) is 4. The van der Waals surface area contributed by atoms with Crippen molar-refractivity contribution in [3.8, 4) is 0 Å². The van der Waals surface area contributed by atoms with Gasteiger partial charge in [-0.2, -0.15) is 0 Å². The number of carbonyl (C=O) groups is 1. The maximum absolute atomic E-state index is 11.4. The van der Waals surface area contributed by atoms with Gasteiger partial charge in [-0.25, -0.2) is 0 Å². The number of nitrogens with zero attached hydrogens (tertiary/aromatic N) is 1. The van der Waals surface area contributed by atoms with E-state index in [0.717, 1.165) is 19.5 Å². The van der Waals surface area contributed by atoms with Gasteiger partial charge in [-0.05, 0) is 37.3 Å². The average Bonchev–Trinajstić information content (AvgIpc) is 2.82. The van der Waals surface area contributed by atoms with E-state index >= 15 is 0 Å². The van der Waals surface area contributed by atoms with Gasteiger partial charge in [0.1, 0.15) is 0 Å². The van der Waals surface area contributed by atoms with Gasteiger partial charge >= 0.3 is 0 Å². The molecule has 0 bridgehead atoms. The molecule has 2 unspecified atom stereocenters. The number of amides is 1. The molecule has 2 atom stereocenters. The van der Waals surface area contributed by atoms with Gasteiger partial charge in [0, 0.05) is 30.6 Å². The molecule has 2 heterocycles. The number of carbonyl (C=O) groups excluding carboxylic acids is 1. The molecule has 0 spiro atoms. The molecule has 108 valence electrons. The van der Waals surface area contributed by atoms with Crippen molar-refractivity contribution in [2.24, 2.45) is 5.73 Å². The summed E-state index contributed by atoms with van der Waals surface area (Å²) in [6.07, 6.45) is 1.12. The molecule has 1 aromatic heterocycles. The van der Waals surface area contributed by atoms with Crippen LogP contribution in [0.5, 0.6) is 0 Å². The second kappa shape index (κ2) is 7.24. The molecular weight excluding hydrogens is 282 g/mol. The normalized spacial score (nSPS) is 18.1. The molecule has 3 N–H and O–H groups in total. The molecular formula is C13H22ClN3OS. The van der Waals surface area contributed by atoms with Gasteiger partial charge in [0.2, 0.25) is 5.91 Å². The minimum absolute atomic E-state index is 0. The monoisotopic (exact) mass is 303 g/mol. The Morgan fingerprint density at radius 3 is 3.00 bits per heavy atom. The molecule has 4 nitrogen and oxygen atoms in total. The fraction of sp³-hybridized carbons (Fsp3) is 0.615. The number of hydrogen-bond donors (Lipinski definition) is 2. The van der Waals surface area contributed by atoms with Crippen LogP contribution in [0.4, 0.5) is 0 Å². The Balaban J connectivity index is 0.00000180. The fourth-order valence-corrected chi connectivity index (χ4v) is 3.07. The summed E-state index contributed by atoms with van der Waals surface area (Å²) in [5, 5.41) is 5.06. The Morgan fingerprint density at radius 2 is 2.32 bits per heavy atom. The van der Waals surface area contributed by atoms with E-state index in [0.29, 0.717) is 12.6 Å². The van der Waals surface area contributed by atoms with Crippen molar-refractivity contribution < 1.29 is 4.79 Å². The van der Waals surface area contributed by atoms with Crippen molar-refractivity contribution in [2.75, 3.05) is 13.1 Å². The average molecular weight is 304 g/mol. The van der Waals surface area contributed by atoms with Crippen molar-refractivity contribution in [1.29, 1.82) is 0 Å². The Kier molecular flexibility index (Phi) is 6.26. The first-order valence-electron chi connectivity index (χ1n) is 6.40. The number of nitrogens with one attached hydrogen (secondary N) is 1. The molecule has 1 aliphatic rings. The summed E-state index contributed by atoms with van der Waals surface area (Å²) < 4.78 is 0. The molecule has 6 heteroatoms. The zero-order valence-corrected chi connectivity index (χ0v) is 13.0. The quantitative estimate of drug-likeness (QED) is 0.883. The number of nitrogens with two attached hydrogens (primary N) is 1. The topological polar surface area (TPSA) is 58.4 Å². The van der Waals surface area contributed by atoms with Gasteiger partial charge < -0.3 is 11.1 Å². The minimum atomic E-state index is -0.429. The zero-order valence-electron chi connectivity index (χ0n) is 11.4. The molecule has 0 saturated carbocycles. The molecule has 19 heavy (non-hydrogen) atoms. The Bertz CT molecular complexity index is 422. The van der Waals surface area contributed by atoms with Crippen LogP contribution in [0.2, 0.25) is 0 Å². The highest BCUT2D eigenvalue weighted by molar-refractivity contribution is 7.10. The third-order valence-corrected chi connectivity index (χ3v) is 4.47. The Hall–Kier alpha value is -0.620. The molecule has 0 aliphatic carbocycles. The van der Waals surface area contributed by atoms with Gasteiger partial charge in [-0.15, -0.1) is 23.7 Å². The van der Waals surface area contributed by atoms with Crippen molar-refractivity contribution in [3.05, 3.63) is 21.9 Å². The van der Waals surface area contributed by atoms with Crippen molar-refractivity contribution in [3.63, 3.8) is 0 Å². The standard InChI is InChI=1S/C13H21N3OS.ClH/c1-9(7-15-13(17)10(2)14)16-5-3-12-11(8-16)4-6-18-12;/h4,6,9-10H,3,5,7-8,14H2,1-2H3,(H,15,17);1H. The van der Waals surface area contributed by atoms with Crippen molar-refractivity contribution in [1.82, 2.24) is 10.2 Å². The van der Waals surface area contributed by atoms with Crippen LogP contribution in [0.3, 0.4) is 0 Å². The highest BCUT2D eigenvalue weighted by Gasteiger charge is 2.21. The van der Waals surface area contributed by atoms with Gasteiger partial charge in [0.15, 0.2) is 0 Å². The number of rotatable bonds is 4.